The molecule has 0 spiro atoms. The molecule has 0 radical (unpaired) electrons. The second-order valence-corrected chi connectivity index (χ2v) is 38.5. The van der Waals surface area contributed by atoms with Crippen LogP contribution in [0.15, 0.2) is 72.8 Å². The van der Waals surface area contributed by atoms with Gasteiger partial charge >= 0.3 is 0 Å². The van der Waals surface area contributed by atoms with Crippen LogP contribution in [0.1, 0.15) is 202 Å². The number of methoxy groups -OCH3 is 4. The smallest absolute Gasteiger partial charge is 0.246 e. The molecule has 9 rings (SSSR count). The van der Waals surface area contributed by atoms with E-state index in [9.17, 15) is 48.3 Å². The van der Waals surface area contributed by atoms with E-state index < -0.39 is 156 Å². The Balaban J connectivity index is 0.000000421. The fraction of sp³-hybridized carbons (Fsp3) is 0.630. The first-order chi connectivity index (χ1) is 61.6. The Hall–Kier alpha value is -10.5. The number of aliphatic hydroxyl groups is 1. The number of hydrogen-bond donors (Lipinski definition) is 5. The van der Waals surface area contributed by atoms with Gasteiger partial charge in [0.1, 0.15) is 66.2 Å². The highest BCUT2D eigenvalue weighted by Crippen LogP contribution is 2.52. The molecule has 31 heteroatoms. The highest BCUT2D eigenvalue weighted by atomic mass is 16.5. The van der Waals surface area contributed by atoms with Gasteiger partial charge in [-0.25, -0.2) is 0 Å². The number of carbonyl (C=O) groups excluding carboxylic acids is 11. The van der Waals surface area contributed by atoms with Crippen LogP contribution in [-0.4, -0.2) is 292 Å². The van der Waals surface area contributed by atoms with Gasteiger partial charge in [-0.2, -0.15) is 0 Å². The number of nitrogens with one attached hydrogen (secondary N) is 4. The average Bonchev–Trinajstić information content (AvgIpc) is 0.747. The van der Waals surface area contributed by atoms with Crippen molar-refractivity contribution in [1.29, 1.82) is 0 Å². The lowest BCUT2D eigenvalue weighted by Crippen LogP contribution is -2.63. The molecule has 1 fully saturated rings. The fourth-order valence-corrected chi connectivity index (χ4v) is 18.0. The van der Waals surface area contributed by atoms with Gasteiger partial charge in [0.15, 0.2) is 34.5 Å². The van der Waals surface area contributed by atoms with Gasteiger partial charge in [0.25, 0.3) is 0 Å². The van der Waals surface area contributed by atoms with Crippen molar-refractivity contribution in [3.05, 3.63) is 106 Å². The first-order valence-electron chi connectivity index (χ1n) is 46.5. The maximum atomic E-state index is 15.1. The Morgan fingerprint density at radius 2 is 0.954 bits per heavy atom. The van der Waals surface area contributed by atoms with Crippen LogP contribution in [0.25, 0.3) is 0 Å². The van der Waals surface area contributed by atoms with E-state index in [2.05, 4.69) is 87.6 Å². The quantitative estimate of drug-likeness (QED) is 0.0545. The van der Waals surface area contributed by atoms with E-state index in [-0.39, 0.29) is 67.9 Å². The van der Waals surface area contributed by atoms with E-state index in [0.717, 1.165) is 65.4 Å². The van der Waals surface area contributed by atoms with Crippen LogP contribution >= 0.6 is 0 Å². The number of rotatable bonds is 19. The summed E-state index contributed by atoms with van der Waals surface area (Å²) in [6, 6.07) is 8.87. The molecule has 5 aliphatic heterocycles. The Morgan fingerprint density at radius 3 is 1.50 bits per heavy atom. The molecular weight excluding hydrogens is 1670 g/mol. The van der Waals surface area contributed by atoms with Crippen LogP contribution in [0.4, 0.5) is 0 Å². The zero-order chi connectivity index (χ0) is 97.9. The summed E-state index contributed by atoms with van der Waals surface area (Å²) in [6.07, 6.45) is 6.42. The molecule has 4 aromatic carbocycles. The normalized spacial score (nSPS) is 24.2. The molecule has 0 aromatic heterocycles. The third kappa shape index (κ3) is 26.7. The largest absolute Gasteiger partial charge is 0.493 e. The van der Waals surface area contributed by atoms with Crippen molar-refractivity contribution in [2.24, 2.45) is 41.4 Å². The molecule has 1 saturated heterocycles. The van der Waals surface area contributed by atoms with Crippen molar-refractivity contribution in [3.63, 3.8) is 0 Å². The van der Waals surface area contributed by atoms with E-state index in [4.69, 9.17) is 28.4 Å². The van der Waals surface area contributed by atoms with E-state index >= 15 is 9.59 Å². The molecular formula is C100H153N13O18. The number of likely N-dealkylation sites (N-methyl/N-ethyl adjacent to an activating group) is 9. The van der Waals surface area contributed by atoms with Gasteiger partial charge in [-0.05, 0) is 211 Å². The molecule has 31 nitrogen and oxygen atoms in total. The number of amides is 11. The maximum Gasteiger partial charge on any atom is 0.246 e. The number of hydrogen-bond acceptors (Lipinski definition) is 20. The van der Waals surface area contributed by atoms with Crippen molar-refractivity contribution < 1.29 is 86.3 Å². The van der Waals surface area contributed by atoms with Gasteiger partial charge in [-0.15, -0.1) is 0 Å². The molecule has 11 amide bonds. The highest BCUT2D eigenvalue weighted by molar-refractivity contribution is 6.00. The van der Waals surface area contributed by atoms with Crippen molar-refractivity contribution in [3.8, 4) is 46.0 Å². The number of carbonyl (C=O) groups is 11. The van der Waals surface area contributed by atoms with Crippen LogP contribution in [0.3, 0.4) is 0 Å². The molecule has 0 aliphatic carbocycles. The number of ether oxygens (including phenoxy) is 6. The monoisotopic (exact) mass is 1820 g/mol. The first-order valence-corrected chi connectivity index (χ1v) is 46.5. The average molecular weight is 1830 g/mol. The van der Waals surface area contributed by atoms with Gasteiger partial charge in [0.05, 0.1) is 41.1 Å². The molecule has 5 N–H and O–H groups in total. The van der Waals surface area contributed by atoms with E-state index in [0.29, 0.717) is 46.7 Å². The van der Waals surface area contributed by atoms with Crippen molar-refractivity contribution >= 4 is 65.0 Å². The van der Waals surface area contributed by atoms with Crippen molar-refractivity contribution in [2.45, 2.75) is 261 Å². The van der Waals surface area contributed by atoms with E-state index in [1.54, 1.807) is 83.0 Å². The Morgan fingerprint density at radius 1 is 0.466 bits per heavy atom. The summed E-state index contributed by atoms with van der Waals surface area (Å²) in [4.78, 5) is 173. The lowest BCUT2D eigenvalue weighted by Gasteiger charge is -2.41. The summed E-state index contributed by atoms with van der Waals surface area (Å²) in [5.41, 5.74) is 7.15. The summed E-state index contributed by atoms with van der Waals surface area (Å²) in [5, 5.41) is 23.1. The van der Waals surface area contributed by atoms with E-state index in [1.807, 2.05) is 79.7 Å². The highest BCUT2D eigenvalue weighted by Gasteiger charge is 2.47. The molecule has 726 valence electrons. The van der Waals surface area contributed by atoms with Crippen LogP contribution in [0, 0.1) is 41.4 Å². The second-order valence-electron chi connectivity index (χ2n) is 38.5. The number of allylic oxidation sites excluding steroid dienone is 2. The second kappa shape index (κ2) is 48.2. The van der Waals surface area contributed by atoms with Gasteiger partial charge in [-0.3, -0.25) is 62.5 Å². The Kier molecular flexibility index (Phi) is 39.6. The zero-order valence-electron chi connectivity index (χ0n) is 83.6. The Labute approximate surface area is 778 Å². The summed E-state index contributed by atoms with van der Waals surface area (Å²) < 4.78 is 37.1. The van der Waals surface area contributed by atoms with Crippen LogP contribution in [0.2, 0.25) is 0 Å². The minimum absolute atomic E-state index is 0.000437. The predicted molar refractivity (Wildman–Crippen MR) is 506 cm³/mol. The summed E-state index contributed by atoms with van der Waals surface area (Å²) in [7, 11) is 21.0. The van der Waals surface area contributed by atoms with Gasteiger partial charge < -0.3 is 89.1 Å². The zero-order valence-corrected chi connectivity index (χ0v) is 83.6. The van der Waals surface area contributed by atoms with Crippen molar-refractivity contribution in [2.75, 3.05) is 112 Å². The third-order valence-electron chi connectivity index (χ3n) is 25.9. The molecule has 14 unspecified atom stereocenters. The minimum atomic E-state index is -1.61. The van der Waals surface area contributed by atoms with Crippen LogP contribution in [-0.2, 0) is 78.4 Å². The molecule has 131 heavy (non-hydrogen) atoms. The lowest BCUT2D eigenvalue weighted by molar-refractivity contribution is -0.157. The van der Waals surface area contributed by atoms with Crippen LogP contribution < -0.4 is 49.7 Å². The predicted octanol–water partition coefficient (Wildman–Crippen LogP) is 10.4. The minimum Gasteiger partial charge on any atom is -0.493 e. The molecule has 5 aliphatic rings. The summed E-state index contributed by atoms with van der Waals surface area (Å²) in [6.45, 7) is 31.2. The summed E-state index contributed by atoms with van der Waals surface area (Å²) in [5.74, 6) is -4.30. The molecule has 5 heterocycles. The van der Waals surface area contributed by atoms with E-state index in [1.165, 1.54) is 110 Å². The molecule has 0 saturated carbocycles. The molecule has 6 bridgehead atoms. The number of benzene rings is 4. The third-order valence-corrected chi connectivity index (χ3v) is 25.9. The first kappa shape index (κ1) is 108. The summed E-state index contributed by atoms with van der Waals surface area (Å²) >= 11 is 0. The maximum absolute atomic E-state index is 15.1. The fourth-order valence-electron chi connectivity index (χ4n) is 18.0. The number of aliphatic hydroxyl groups excluding tert-OH is 1. The van der Waals surface area contributed by atoms with Gasteiger partial charge in [0, 0.05) is 80.1 Å². The SMILES string of the molecule is CC=CCC(C)C(O)C1C(=O)NC(CC)C(=O)N(C)CC(=O)N(C)C(CC(C)C)C(=O)NC(C(C)C)C(=O)N(C)C(CC(C)C)C(=O)NC(C)C(=O)NC(C)C(=O)N(C)C(CC(C)C)C(=O)N(C)C(CC(C)C)C(=O)N(C)C(C(C)C)C(=O)N1C.COc1ccc2cc1Oc1ccc(cc1)CC1c3cc(c(OC)cc3CCN1C)Oc1c(OC)c(OC)cc3c1C(C2)N(C)CC3. The number of nitrogens with zero attached hydrogens (tertiary/aromatic N) is 9. The Bertz CT molecular complexity index is 4650. The lowest BCUT2D eigenvalue weighted by atomic mass is 9.87. The molecule has 4 aromatic rings. The standard InChI is InChI=1S/C62H111N11O12.C38H42N2O6/c1-25-27-28-40(15)52(75)51-56(79)65-43(26-2)58(81)67(18)33-48(74)68(19)44(29-34(3)4)55(78)66-49(38(11)12)61(84)69(20)45(30-35(5)6)54(77)63-41(16)53(76)64-42(17)57(80)70(21)46(31-36(7)8)59(82)71(22)47(32-37(9)10)60(83)72(23)50(39(13)14)62(85)73(51)24;1-39-15-13-25-20-32(42-4)34-22-28(25)29(39)17-23-7-10-27(11-8-23)45-33-19-24(9-12-31(33)41-3)18-30-36-26(14-16-40(30)2)21-35(43-5)37(44-6)38(36)46-34/h25,27,34-47,49-52,75H,26,28-33H2,1-24H3,(H,63,77)(H,64,76)(H,65,79)(H,66,78);7-12,19-22,29-30H,13-18H2,1-6H3. The number of fused-ring (bicyclic) bond motifs is 2. The van der Waals surface area contributed by atoms with Crippen LogP contribution in [0.5, 0.6) is 46.0 Å². The van der Waals surface area contributed by atoms with Gasteiger partial charge in [0.2, 0.25) is 70.7 Å². The van der Waals surface area contributed by atoms with Gasteiger partial charge in [-0.1, -0.05) is 127 Å². The van der Waals surface area contributed by atoms with Crippen molar-refractivity contribution in [1.82, 2.24) is 65.4 Å². The topological polar surface area (TPSA) is 341 Å². The molecule has 14 atom stereocenters.